The van der Waals surface area contributed by atoms with Crippen LogP contribution in [0.4, 0.5) is 23.0 Å². The Hall–Kier alpha value is -4.60. The number of nitro groups is 1. The fraction of sp³-hybridized carbons (Fsp3) is 0.0476. The van der Waals surface area contributed by atoms with E-state index in [0.29, 0.717) is 5.69 Å². The Labute approximate surface area is 176 Å². The molecule has 0 aliphatic heterocycles. The third-order valence-corrected chi connectivity index (χ3v) is 4.43. The van der Waals surface area contributed by atoms with Crippen LogP contribution in [0.25, 0.3) is 10.9 Å². The number of carbonyl (C=O) groups is 1. The second-order valence-electron chi connectivity index (χ2n) is 6.51. The molecule has 4 rings (SSSR count). The monoisotopic (exact) mass is 415 g/mol. The van der Waals surface area contributed by atoms with Crippen molar-refractivity contribution in [2.24, 2.45) is 0 Å². The van der Waals surface area contributed by atoms with Gasteiger partial charge in [-0.3, -0.25) is 30.7 Å². The lowest BCUT2D eigenvalue weighted by Gasteiger charge is -2.12. The average Bonchev–Trinajstić information content (AvgIpc) is 2.78. The Balaban J connectivity index is 1.56. The quantitative estimate of drug-likeness (QED) is 0.309. The van der Waals surface area contributed by atoms with Crippen LogP contribution in [-0.4, -0.2) is 25.8 Å². The SMILES string of the molecule is O=C(Cc1ccccc1)NNc1ncnc(Nc2cccc3ncccc23)c1[N+](=O)[O-]. The summed E-state index contributed by atoms with van der Waals surface area (Å²) in [5.74, 6) is -0.521. The maximum atomic E-state index is 12.2. The van der Waals surface area contributed by atoms with Crippen molar-refractivity contribution in [3.8, 4) is 0 Å². The van der Waals surface area contributed by atoms with Crippen molar-refractivity contribution in [2.45, 2.75) is 6.42 Å². The van der Waals surface area contributed by atoms with Gasteiger partial charge in [-0.1, -0.05) is 36.4 Å². The molecule has 0 aliphatic carbocycles. The Kier molecular flexibility index (Phi) is 5.61. The predicted octanol–water partition coefficient (Wildman–Crippen LogP) is 3.36. The lowest BCUT2D eigenvalue weighted by Crippen LogP contribution is -2.31. The average molecular weight is 415 g/mol. The van der Waals surface area contributed by atoms with Gasteiger partial charge in [0.15, 0.2) is 0 Å². The number of benzene rings is 2. The van der Waals surface area contributed by atoms with Crippen molar-refractivity contribution >= 4 is 39.8 Å². The molecule has 2 aromatic heterocycles. The van der Waals surface area contributed by atoms with Crippen LogP contribution in [0.2, 0.25) is 0 Å². The fourth-order valence-corrected chi connectivity index (χ4v) is 3.03. The summed E-state index contributed by atoms with van der Waals surface area (Å²) < 4.78 is 0. The minimum absolute atomic E-state index is 0.0174. The first-order valence-electron chi connectivity index (χ1n) is 9.31. The molecule has 0 fully saturated rings. The Bertz CT molecular complexity index is 1240. The number of amides is 1. The fourth-order valence-electron chi connectivity index (χ4n) is 3.03. The molecule has 0 atom stereocenters. The van der Waals surface area contributed by atoms with Gasteiger partial charge in [0, 0.05) is 17.3 Å². The number of rotatable bonds is 7. The summed E-state index contributed by atoms with van der Waals surface area (Å²) in [6, 6.07) is 18.1. The molecule has 154 valence electrons. The first-order chi connectivity index (χ1) is 15.1. The number of hydrogen-bond acceptors (Lipinski definition) is 8. The molecule has 0 radical (unpaired) electrons. The molecule has 4 aromatic rings. The maximum absolute atomic E-state index is 12.2. The lowest BCUT2D eigenvalue weighted by atomic mass is 10.1. The van der Waals surface area contributed by atoms with Crippen molar-refractivity contribution < 1.29 is 9.72 Å². The minimum atomic E-state index is -0.614. The molecule has 0 aliphatic rings. The second kappa shape index (κ2) is 8.82. The number of nitrogens with one attached hydrogen (secondary N) is 3. The summed E-state index contributed by atoms with van der Waals surface area (Å²) >= 11 is 0. The van der Waals surface area contributed by atoms with E-state index >= 15 is 0 Å². The van der Waals surface area contributed by atoms with Crippen LogP contribution in [0.5, 0.6) is 0 Å². The molecule has 1 amide bonds. The zero-order chi connectivity index (χ0) is 21.6. The number of hydrazine groups is 1. The molecule has 0 saturated carbocycles. The van der Waals surface area contributed by atoms with Crippen molar-refractivity contribution in [2.75, 3.05) is 10.7 Å². The molecule has 10 nitrogen and oxygen atoms in total. The highest BCUT2D eigenvalue weighted by Crippen LogP contribution is 2.32. The zero-order valence-corrected chi connectivity index (χ0v) is 16.1. The first kappa shape index (κ1) is 19.7. The summed E-state index contributed by atoms with van der Waals surface area (Å²) in [6.45, 7) is 0. The highest BCUT2D eigenvalue weighted by Gasteiger charge is 2.24. The topological polar surface area (TPSA) is 135 Å². The third-order valence-electron chi connectivity index (χ3n) is 4.43. The normalized spacial score (nSPS) is 10.5. The predicted molar refractivity (Wildman–Crippen MR) is 116 cm³/mol. The van der Waals surface area contributed by atoms with E-state index in [1.807, 2.05) is 42.5 Å². The van der Waals surface area contributed by atoms with Gasteiger partial charge in [0.05, 0.1) is 16.9 Å². The standard InChI is InChI=1S/C21H17N7O3/c29-18(12-14-6-2-1-3-7-14)26-27-21-19(28(30)31)20(23-13-24-21)25-17-10-4-9-16-15(17)8-5-11-22-16/h1-11,13H,12H2,(H,26,29)(H2,23,24,25,27). The van der Waals surface area contributed by atoms with Gasteiger partial charge in [0.25, 0.3) is 0 Å². The molecule has 0 bridgehead atoms. The summed E-state index contributed by atoms with van der Waals surface area (Å²) in [7, 11) is 0. The van der Waals surface area contributed by atoms with E-state index in [-0.39, 0.29) is 24.0 Å². The zero-order valence-electron chi connectivity index (χ0n) is 16.1. The molecule has 10 heteroatoms. The molecule has 0 unspecified atom stereocenters. The minimum Gasteiger partial charge on any atom is -0.334 e. The summed E-state index contributed by atoms with van der Waals surface area (Å²) in [5, 5.41) is 15.5. The molecule has 31 heavy (non-hydrogen) atoms. The Morgan fingerprint density at radius 1 is 0.935 bits per heavy atom. The molecular weight excluding hydrogens is 398 g/mol. The van der Waals surface area contributed by atoms with Crippen molar-refractivity contribution in [1.82, 2.24) is 20.4 Å². The number of anilines is 3. The van der Waals surface area contributed by atoms with Crippen LogP contribution in [-0.2, 0) is 11.2 Å². The number of fused-ring (bicyclic) bond motifs is 1. The van der Waals surface area contributed by atoms with Crippen LogP contribution >= 0.6 is 0 Å². The van der Waals surface area contributed by atoms with Gasteiger partial charge < -0.3 is 5.32 Å². The Morgan fingerprint density at radius 3 is 2.55 bits per heavy atom. The van der Waals surface area contributed by atoms with E-state index in [9.17, 15) is 14.9 Å². The molecule has 0 saturated heterocycles. The van der Waals surface area contributed by atoms with Gasteiger partial charge in [0.2, 0.25) is 17.5 Å². The van der Waals surface area contributed by atoms with Crippen LogP contribution in [0, 0.1) is 10.1 Å². The van der Waals surface area contributed by atoms with Gasteiger partial charge in [-0.2, -0.15) is 0 Å². The van der Waals surface area contributed by atoms with Crippen LogP contribution < -0.4 is 16.2 Å². The second-order valence-corrected chi connectivity index (χ2v) is 6.51. The molecule has 0 spiro atoms. The van der Waals surface area contributed by atoms with Crippen LogP contribution in [0.15, 0.2) is 73.2 Å². The highest BCUT2D eigenvalue weighted by molar-refractivity contribution is 5.93. The number of nitrogens with zero attached hydrogens (tertiary/aromatic N) is 4. The van der Waals surface area contributed by atoms with Crippen molar-refractivity contribution in [1.29, 1.82) is 0 Å². The van der Waals surface area contributed by atoms with Crippen LogP contribution in [0.1, 0.15) is 5.56 Å². The maximum Gasteiger partial charge on any atom is 0.355 e. The van der Waals surface area contributed by atoms with E-state index < -0.39 is 10.6 Å². The highest BCUT2D eigenvalue weighted by atomic mass is 16.6. The molecule has 3 N–H and O–H groups in total. The smallest absolute Gasteiger partial charge is 0.334 e. The van der Waals surface area contributed by atoms with E-state index in [4.69, 9.17) is 0 Å². The van der Waals surface area contributed by atoms with Gasteiger partial charge in [-0.05, 0) is 29.8 Å². The van der Waals surface area contributed by atoms with Crippen LogP contribution in [0.3, 0.4) is 0 Å². The molecule has 2 aromatic carbocycles. The molecular formula is C21H17N7O3. The Morgan fingerprint density at radius 2 is 1.74 bits per heavy atom. The van der Waals surface area contributed by atoms with Gasteiger partial charge >= 0.3 is 5.69 Å². The summed E-state index contributed by atoms with van der Waals surface area (Å²) in [6.07, 6.45) is 2.95. The number of hydrogen-bond donors (Lipinski definition) is 3. The van der Waals surface area contributed by atoms with E-state index in [1.165, 1.54) is 6.33 Å². The van der Waals surface area contributed by atoms with Crippen molar-refractivity contribution in [3.05, 3.63) is 88.9 Å². The first-order valence-corrected chi connectivity index (χ1v) is 9.31. The molecule has 2 heterocycles. The largest absolute Gasteiger partial charge is 0.355 e. The van der Waals surface area contributed by atoms with Gasteiger partial charge in [0.1, 0.15) is 6.33 Å². The van der Waals surface area contributed by atoms with E-state index in [1.54, 1.807) is 24.4 Å². The number of carbonyl (C=O) groups excluding carboxylic acids is 1. The number of aromatic nitrogens is 3. The number of pyridine rings is 1. The summed E-state index contributed by atoms with van der Waals surface area (Å²) in [5.41, 5.74) is 6.72. The van der Waals surface area contributed by atoms with E-state index in [0.717, 1.165) is 16.5 Å². The lowest BCUT2D eigenvalue weighted by molar-refractivity contribution is -0.383. The third kappa shape index (κ3) is 4.53. The summed E-state index contributed by atoms with van der Waals surface area (Å²) in [4.78, 5) is 35.5. The van der Waals surface area contributed by atoms with Crippen molar-refractivity contribution in [3.63, 3.8) is 0 Å². The van der Waals surface area contributed by atoms with Gasteiger partial charge in [-0.15, -0.1) is 0 Å². The van der Waals surface area contributed by atoms with E-state index in [2.05, 4.69) is 31.1 Å². The van der Waals surface area contributed by atoms with Gasteiger partial charge in [-0.25, -0.2) is 9.97 Å².